The Balaban J connectivity index is 1.75. The fraction of sp³-hybridized carbons (Fsp3) is 0.278. The van der Waals surface area contributed by atoms with Crippen LogP contribution in [-0.4, -0.2) is 25.7 Å². The lowest BCUT2D eigenvalue weighted by Gasteiger charge is -2.09. The number of aryl methyl sites for hydroxylation is 1. The van der Waals surface area contributed by atoms with Crippen LogP contribution in [0.1, 0.15) is 22.8 Å². The SMILES string of the molecule is CCOc1ccc(OCCNC(=O)c2ccccc2C)cc1. The molecule has 0 fully saturated rings. The van der Waals surface area contributed by atoms with Gasteiger partial charge in [0, 0.05) is 5.56 Å². The third-order valence-corrected chi connectivity index (χ3v) is 3.18. The fourth-order valence-electron chi connectivity index (χ4n) is 2.06. The minimum atomic E-state index is -0.0756. The normalized spacial score (nSPS) is 10.1. The monoisotopic (exact) mass is 299 g/mol. The van der Waals surface area contributed by atoms with Gasteiger partial charge in [0.1, 0.15) is 18.1 Å². The van der Waals surface area contributed by atoms with Crippen LogP contribution in [-0.2, 0) is 0 Å². The number of amides is 1. The predicted octanol–water partition coefficient (Wildman–Crippen LogP) is 3.20. The molecule has 116 valence electrons. The molecule has 4 nitrogen and oxygen atoms in total. The molecule has 0 aliphatic heterocycles. The fourth-order valence-corrected chi connectivity index (χ4v) is 2.06. The van der Waals surface area contributed by atoms with Crippen LogP contribution in [0.3, 0.4) is 0 Å². The van der Waals surface area contributed by atoms with E-state index < -0.39 is 0 Å². The molecule has 0 saturated carbocycles. The van der Waals surface area contributed by atoms with Gasteiger partial charge in [-0.25, -0.2) is 0 Å². The molecule has 0 spiro atoms. The number of carbonyl (C=O) groups excluding carboxylic acids is 1. The van der Waals surface area contributed by atoms with Crippen molar-refractivity contribution in [1.29, 1.82) is 0 Å². The van der Waals surface area contributed by atoms with E-state index in [0.717, 1.165) is 17.1 Å². The molecule has 4 heteroatoms. The minimum absolute atomic E-state index is 0.0756. The highest BCUT2D eigenvalue weighted by atomic mass is 16.5. The van der Waals surface area contributed by atoms with Gasteiger partial charge in [0.15, 0.2) is 0 Å². The summed E-state index contributed by atoms with van der Waals surface area (Å²) in [5.74, 6) is 1.50. The zero-order valence-corrected chi connectivity index (χ0v) is 13.0. The molecule has 0 radical (unpaired) electrons. The Kier molecular flexibility index (Phi) is 5.83. The van der Waals surface area contributed by atoms with Crippen molar-refractivity contribution in [3.05, 3.63) is 59.7 Å². The second kappa shape index (κ2) is 8.08. The van der Waals surface area contributed by atoms with Crippen molar-refractivity contribution < 1.29 is 14.3 Å². The van der Waals surface area contributed by atoms with Crippen molar-refractivity contribution in [2.24, 2.45) is 0 Å². The second-order valence-electron chi connectivity index (χ2n) is 4.82. The van der Waals surface area contributed by atoms with Gasteiger partial charge in [-0.05, 0) is 49.7 Å². The van der Waals surface area contributed by atoms with Crippen molar-refractivity contribution in [3.8, 4) is 11.5 Å². The van der Waals surface area contributed by atoms with Crippen LogP contribution in [0.2, 0.25) is 0 Å². The topological polar surface area (TPSA) is 47.6 Å². The molecule has 2 aromatic rings. The smallest absolute Gasteiger partial charge is 0.251 e. The molecule has 1 N–H and O–H groups in total. The van der Waals surface area contributed by atoms with Crippen LogP contribution in [0.25, 0.3) is 0 Å². The third kappa shape index (κ3) is 4.52. The lowest BCUT2D eigenvalue weighted by molar-refractivity contribution is 0.0946. The van der Waals surface area contributed by atoms with Crippen LogP contribution in [0.4, 0.5) is 0 Å². The van der Waals surface area contributed by atoms with Crippen LogP contribution < -0.4 is 14.8 Å². The summed E-state index contributed by atoms with van der Waals surface area (Å²) >= 11 is 0. The van der Waals surface area contributed by atoms with Gasteiger partial charge in [0.05, 0.1) is 13.2 Å². The van der Waals surface area contributed by atoms with E-state index in [1.54, 1.807) is 0 Å². The van der Waals surface area contributed by atoms with E-state index in [-0.39, 0.29) is 5.91 Å². The van der Waals surface area contributed by atoms with Crippen molar-refractivity contribution in [2.75, 3.05) is 19.8 Å². The summed E-state index contributed by atoms with van der Waals surface area (Å²) < 4.78 is 11.0. The molecule has 2 aromatic carbocycles. The number of rotatable bonds is 7. The van der Waals surface area contributed by atoms with E-state index in [2.05, 4.69) is 5.32 Å². The Hall–Kier alpha value is -2.49. The highest BCUT2D eigenvalue weighted by molar-refractivity contribution is 5.95. The van der Waals surface area contributed by atoms with E-state index >= 15 is 0 Å². The van der Waals surface area contributed by atoms with Gasteiger partial charge in [-0.2, -0.15) is 0 Å². The Morgan fingerprint density at radius 2 is 1.64 bits per heavy atom. The van der Waals surface area contributed by atoms with Gasteiger partial charge in [0.2, 0.25) is 0 Å². The highest BCUT2D eigenvalue weighted by Gasteiger charge is 2.06. The number of carbonyl (C=O) groups is 1. The summed E-state index contributed by atoms with van der Waals surface area (Å²) in [7, 11) is 0. The van der Waals surface area contributed by atoms with Gasteiger partial charge < -0.3 is 14.8 Å². The summed E-state index contributed by atoms with van der Waals surface area (Å²) in [4.78, 5) is 12.0. The van der Waals surface area contributed by atoms with Crippen molar-refractivity contribution in [2.45, 2.75) is 13.8 Å². The van der Waals surface area contributed by atoms with Gasteiger partial charge in [-0.1, -0.05) is 18.2 Å². The second-order valence-corrected chi connectivity index (χ2v) is 4.82. The van der Waals surface area contributed by atoms with Gasteiger partial charge >= 0.3 is 0 Å². The summed E-state index contributed by atoms with van der Waals surface area (Å²) in [5.41, 5.74) is 1.66. The zero-order valence-electron chi connectivity index (χ0n) is 13.0. The summed E-state index contributed by atoms with van der Waals surface area (Å²) in [6.07, 6.45) is 0. The quantitative estimate of drug-likeness (QED) is 0.799. The number of hydrogen-bond acceptors (Lipinski definition) is 3. The molecular formula is C18H21NO3. The van der Waals surface area contributed by atoms with Gasteiger partial charge in [-0.15, -0.1) is 0 Å². The Morgan fingerprint density at radius 1 is 1.00 bits per heavy atom. The number of hydrogen-bond donors (Lipinski definition) is 1. The molecule has 0 heterocycles. The number of benzene rings is 2. The van der Waals surface area contributed by atoms with E-state index in [1.807, 2.05) is 62.4 Å². The van der Waals surface area contributed by atoms with E-state index in [4.69, 9.17) is 9.47 Å². The van der Waals surface area contributed by atoms with E-state index in [1.165, 1.54) is 0 Å². The van der Waals surface area contributed by atoms with Gasteiger partial charge in [0.25, 0.3) is 5.91 Å². The molecule has 0 unspecified atom stereocenters. The van der Waals surface area contributed by atoms with Crippen molar-refractivity contribution >= 4 is 5.91 Å². The summed E-state index contributed by atoms with van der Waals surface area (Å²) in [5, 5.41) is 2.85. The van der Waals surface area contributed by atoms with E-state index in [9.17, 15) is 4.79 Å². The Labute approximate surface area is 131 Å². The minimum Gasteiger partial charge on any atom is -0.494 e. The molecule has 1 amide bonds. The molecule has 0 saturated heterocycles. The first-order chi connectivity index (χ1) is 10.7. The van der Waals surface area contributed by atoms with E-state index in [0.29, 0.717) is 25.3 Å². The average molecular weight is 299 g/mol. The summed E-state index contributed by atoms with van der Waals surface area (Å²) in [6, 6.07) is 15.0. The highest BCUT2D eigenvalue weighted by Crippen LogP contribution is 2.17. The molecule has 0 aliphatic rings. The van der Waals surface area contributed by atoms with Crippen molar-refractivity contribution in [3.63, 3.8) is 0 Å². The maximum absolute atomic E-state index is 12.0. The number of ether oxygens (including phenoxy) is 2. The molecule has 0 bridgehead atoms. The maximum atomic E-state index is 12.0. The Bertz CT molecular complexity index is 608. The third-order valence-electron chi connectivity index (χ3n) is 3.18. The molecule has 2 rings (SSSR count). The number of nitrogens with one attached hydrogen (secondary N) is 1. The van der Waals surface area contributed by atoms with Crippen LogP contribution >= 0.6 is 0 Å². The first-order valence-electron chi connectivity index (χ1n) is 7.40. The van der Waals surface area contributed by atoms with Gasteiger partial charge in [-0.3, -0.25) is 4.79 Å². The zero-order chi connectivity index (χ0) is 15.8. The molecule has 0 atom stereocenters. The first kappa shape index (κ1) is 15.9. The standard InChI is InChI=1S/C18H21NO3/c1-3-21-15-8-10-16(11-9-15)22-13-12-19-18(20)17-7-5-4-6-14(17)2/h4-11H,3,12-13H2,1-2H3,(H,19,20). The van der Waals surface area contributed by atoms with Crippen LogP contribution in [0.15, 0.2) is 48.5 Å². The molecule has 0 aromatic heterocycles. The lowest BCUT2D eigenvalue weighted by atomic mass is 10.1. The predicted molar refractivity (Wildman–Crippen MR) is 86.6 cm³/mol. The maximum Gasteiger partial charge on any atom is 0.251 e. The largest absolute Gasteiger partial charge is 0.494 e. The lowest BCUT2D eigenvalue weighted by Crippen LogP contribution is -2.28. The first-order valence-corrected chi connectivity index (χ1v) is 7.40. The summed E-state index contributed by atoms with van der Waals surface area (Å²) in [6.45, 7) is 5.39. The molecule has 22 heavy (non-hydrogen) atoms. The van der Waals surface area contributed by atoms with Crippen LogP contribution in [0.5, 0.6) is 11.5 Å². The average Bonchev–Trinajstić information content (AvgIpc) is 2.53. The molecule has 0 aliphatic carbocycles. The Morgan fingerprint density at radius 3 is 2.27 bits per heavy atom. The molecular weight excluding hydrogens is 278 g/mol. The van der Waals surface area contributed by atoms with Crippen LogP contribution in [0, 0.1) is 6.92 Å². The van der Waals surface area contributed by atoms with Crippen molar-refractivity contribution in [1.82, 2.24) is 5.32 Å².